The SMILES string of the molecule is Cc1cc(Br)c(O)c([C@@H]2[C@@H](c3ccccn3)N=C3S[C@@H](C)CN32)c1. The van der Waals surface area contributed by atoms with Gasteiger partial charge in [-0.15, -0.1) is 0 Å². The highest BCUT2D eigenvalue weighted by molar-refractivity contribution is 9.10. The first-order valence-corrected chi connectivity index (χ1v) is 9.63. The molecule has 6 heteroatoms. The zero-order chi connectivity index (χ0) is 16.8. The second kappa shape index (κ2) is 6.08. The number of hydrogen-bond donors (Lipinski definition) is 1. The molecule has 2 aliphatic heterocycles. The van der Waals surface area contributed by atoms with Crippen LogP contribution in [0.15, 0.2) is 46.0 Å². The van der Waals surface area contributed by atoms with E-state index in [0.29, 0.717) is 11.0 Å². The van der Waals surface area contributed by atoms with Gasteiger partial charge in [-0.25, -0.2) is 0 Å². The van der Waals surface area contributed by atoms with E-state index in [9.17, 15) is 5.11 Å². The van der Waals surface area contributed by atoms with Crippen molar-refractivity contribution in [2.75, 3.05) is 6.54 Å². The zero-order valence-electron chi connectivity index (χ0n) is 13.5. The van der Waals surface area contributed by atoms with Gasteiger partial charge in [0.2, 0.25) is 0 Å². The van der Waals surface area contributed by atoms with Crippen molar-refractivity contribution in [2.45, 2.75) is 31.2 Å². The fraction of sp³-hybridized carbons (Fsp3) is 0.333. The topological polar surface area (TPSA) is 48.7 Å². The quantitative estimate of drug-likeness (QED) is 0.804. The molecule has 0 saturated carbocycles. The van der Waals surface area contributed by atoms with Gasteiger partial charge in [0, 0.05) is 23.6 Å². The summed E-state index contributed by atoms with van der Waals surface area (Å²) in [6, 6.07) is 9.80. The molecule has 4 nitrogen and oxygen atoms in total. The third-order valence-corrected chi connectivity index (χ3v) is 6.14. The van der Waals surface area contributed by atoms with Crippen molar-refractivity contribution in [3.8, 4) is 5.75 Å². The van der Waals surface area contributed by atoms with Crippen molar-refractivity contribution in [1.29, 1.82) is 0 Å². The number of aromatic nitrogens is 1. The van der Waals surface area contributed by atoms with E-state index in [0.717, 1.165) is 33.0 Å². The number of fused-ring (bicyclic) bond motifs is 1. The molecule has 0 amide bonds. The van der Waals surface area contributed by atoms with Gasteiger partial charge in [-0.3, -0.25) is 9.98 Å². The van der Waals surface area contributed by atoms with Crippen molar-refractivity contribution in [3.63, 3.8) is 0 Å². The predicted molar refractivity (Wildman–Crippen MR) is 101 cm³/mol. The van der Waals surface area contributed by atoms with Crippen LogP contribution in [0.4, 0.5) is 0 Å². The number of hydrogen-bond acceptors (Lipinski definition) is 5. The molecule has 124 valence electrons. The van der Waals surface area contributed by atoms with Gasteiger partial charge in [-0.2, -0.15) is 0 Å². The Kier molecular flexibility index (Phi) is 4.04. The van der Waals surface area contributed by atoms with Crippen molar-refractivity contribution in [2.24, 2.45) is 4.99 Å². The lowest BCUT2D eigenvalue weighted by Crippen LogP contribution is -2.28. The van der Waals surface area contributed by atoms with Crippen LogP contribution in [0.1, 0.15) is 35.8 Å². The molecule has 4 rings (SSSR count). The number of nitrogens with zero attached hydrogens (tertiary/aromatic N) is 3. The van der Waals surface area contributed by atoms with Crippen LogP contribution in [0.2, 0.25) is 0 Å². The molecule has 0 unspecified atom stereocenters. The summed E-state index contributed by atoms with van der Waals surface area (Å²) in [5.41, 5.74) is 2.96. The summed E-state index contributed by atoms with van der Waals surface area (Å²) < 4.78 is 0.727. The van der Waals surface area contributed by atoms with Crippen LogP contribution in [-0.4, -0.2) is 32.0 Å². The standard InChI is InChI=1S/C18H18BrN3OS/c1-10-7-12(17(23)13(19)8-10)16-15(14-5-3-4-6-20-14)21-18-22(16)9-11(2)24-18/h3-8,11,15-16,23H,9H2,1-2H3/t11-,15+,16+/m0/s1. The van der Waals surface area contributed by atoms with Crippen molar-refractivity contribution < 1.29 is 5.11 Å². The zero-order valence-corrected chi connectivity index (χ0v) is 15.9. The van der Waals surface area contributed by atoms with E-state index in [-0.39, 0.29) is 12.1 Å². The second-order valence-corrected chi connectivity index (χ2v) is 8.58. The first-order chi connectivity index (χ1) is 11.5. The minimum Gasteiger partial charge on any atom is -0.506 e. The van der Waals surface area contributed by atoms with Gasteiger partial charge in [0.05, 0.1) is 16.2 Å². The number of aryl methyl sites for hydroxylation is 1. The highest BCUT2D eigenvalue weighted by Gasteiger charge is 2.44. The maximum atomic E-state index is 10.7. The maximum Gasteiger partial charge on any atom is 0.160 e. The van der Waals surface area contributed by atoms with Crippen LogP contribution in [0.3, 0.4) is 0 Å². The number of thioether (sulfide) groups is 1. The molecule has 1 fully saturated rings. The van der Waals surface area contributed by atoms with Crippen LogP contribution in [0.5, 0.6) is 5.75 Å². The number of rotatable bonds is 2. The summed E-state index contributed by atoms with van der Waals surface area (Å²) in [6.45, 7) is 5.19. The number of aliphatic imine (C=N–C) groups is 1. The molecule has 2 aliphatic rings. The monoisotopic (exact) mass is 403 g/mol. The van der Waals surface area contributed by atoms with Crippen LogP contribution in [0, 0.1) is 6.92 Å². The number of halogens is 1. The van der Waals surface area contributed by atoms with Gasteiger partial charge >= 0.3 is 0 Å². The van der Waals surface area contributed by atoms with Gasteiger partial charge in [0.25, 0.3) is 0 Å². The van der Waals surface area contributed by atoms with Crippen molar-refractivity contribution in [1.82, 2.24) is 9.88 Å². The van der Waals surface area contributed by atoms with E-state index in [1.54, 1.807) is 18.0 Å². The summed E-state index contributed by atoms with van der Waals surface area (Å²) in [5, 5.41) is 12.2. The van der Waals surface area contributed by atoms with Gasteiger partial charge in [-0.1, -0.05) is 30.8 Å². The Morgan fingerprint density at radius 2 is 2.17 bits per heavy atom. The molecular weight excluding hydrogens is 386 g/mol. The molecule has 0 aliphatic carbocycles. The number of amidine groups is 1. The molecule has 0 bridgehead atoms. The number of phenols is 1. The summed E-state index contributed by atoms with van der Waals surface area (Å²) >= 11 is 5.28. The Morgan fingerprint density at radius 1 is 1.33 bits per heavy atom. The average Bonchev–Trinajstić information content (AvgIpc) is 3.07. The fourth-order valence-electron chi connectivity index (χ4n) is 3.44. The Hall–Kier alpha value is -1.53. The molecule has 1 aromatic carbocycles. The molecule has 1 saturated heterocycles. The Morgan fingerprint density at radius 3 is 2.92 bits per heavy atom. The summed E-state index contributed by atoms with van der Waals surface area (Å²) in [7, 11) is 0. The van der Waals surface area contributed by atoms with Crippen LogP contribution in [0.25, 0.3) is 0 Å². The van der Waals surface area contributed by atoms with E-state index in [4.69, 9.17) is 4.99 Å². The number of pyridine rings is 1. The molecular formula is C18H18BrN3OS. The highest BCUT2D eigenvalue weighted by Crippen LogP contribution is 2.50. The summed E-state index contributed by atoms with van der Waals surface area (Å²) in [4.78, 5) is 11.8. The van der Waals surface area contributed by atoms with Gasteiger partial charge in [-0.05, 0) is 46.6 Å². The summed E-state index contributed by atoms with van der Waals surface area (Å²) in [5.74, 6) is 0.299. The first-order valence-electron chi connectivity index (χ1n) is 7.95. The van der Waals surface area contributed by atoms with E-state index < -0.39 is 0 Å². The van der Waals surface area contributed by atoms with Crippen molar-refractivity contribution >= 4 is 32.9 Å². The van der Waals surface area contributed by atoms with Gasteiger partial charge in [0.15, 0.2) is 5.17 Å². The third-order valence-electron chi connectivity index (χ3n) is 4.44. The van der Waals surface area contributed by atoms with Crippen LogP contribution < -0.4 is 0 Å². The molecule has 0 spiro atoms. The fourth-order valence-corrected chi connectivity index (χ4v) is 5.12. The van der Waals surface area contributed by atoms with Gasteiger partial charge < -0.3 is 10.0 Å². The Bertz CT molecular complexity index is 811. The van der Waals surface area contributed by atoms with E-state index in [1.165, 1.54) is 0 Å². The largest absolute Gasteiger partial charge is 0.506 e. The Balaban J connectivity index is 1.85. The minimum atomic E-state index is -0.0965. The lowest BCUT2D eigenvalue weighted by molar-refractivity contribution is 0.311. The maximum absolute atomic E-state index is 10.7. The molecule has 1 aromatic heterocycles. The normalized spacial score (nSPS) is 25.7. The molecule has 3 atom stereocenters. The first kappa shape index (κ1) is 16.0. The van der Waals surface area contributed by atoms with Crippen LogP contribution >= 0.6 is 27.7 Å². The van der Waals surface area contributed by atoms with Crippen molar-refractivity contribution in [3.05, 3.63) is 57.8 Å². The third kappa shape index (κ3) is 2.62. The smallest absolute Gasteiger partial charge is 0.160 e. The van der Waals surface area contributed by atoms with Gasteiger partial charge in [0.1, 0.15) is 11.8 Å². The Labute approximate surface area is 154 Å². The number of aromatic hydroxyl groups is 1. The second-order valence-electron chi connectivity index (χ2n) is 6.32. The predicted octanol–water partition coefficient (Wildman–Crippen LogP) is 4.45. The van der Waals surface area contributed by atoms with E-state index in [1.807, 2.05) is 31.2 Å². The highest BCUT2D eigenvalue weighted by atomic mass is 79.9. The van der Waals surface area contributed by atoms with E-state index >= 15 is 0 Å². The summed E-state index contributed by atoms with van der Waals surface area (Å²) in [6.07, 6.45) is 1.80. The molecule has 3 heterocycles. The number of phenolic OH excluding ortho intramolecular Hbond substituents is 1. The van der Waals surface area contributed by atoms with Crippen LogP contribution in [-0.2, 0) is 0 Å². The molecule has 1 N–H and O–H groups in total. The lowest BCUT2D eigenvalue weighted by atomic mass is 9.94. The molecule has 2 aromatic rings. The number of benzene rings is 1. The minimum absolute atomic E-state index is 0.0245. The average molecular weight is 404 g/mol. The molecule has 24 heavy (non-hydrogen) atoms. The molecule has 0 radical (unpaired) electrons. The van der Waals surface area contributed by atoms with E-state index in [2.05, 4.69) is 38.8 Å². The lowest BCUT2D eigenvalue weighted by Gasteiger charge is -2.28.